The van der Waals surface area contributed by atoms with E-state index < -0.39 is 5.82 Å². The van der Waals surface area contributed by atoms with Gasteiger partial charge in [0.2, 0.25) is 5.91 Å². The number of hydrogen-bond acceptors (Lipinski definition) is 2. The zero-order valence-electron chi connectivity index (χ0n) is 8.62. The molecule has 0 atom stereocenters. The Morgan fingerprint density at radius 3 is 2.73 bits per heavy atom. The first-order valence-corrected chi connectivity index (χ1v) is 4.45. The first-order chi connectivity index (χ1) is 7.04. The number of rotatable bonds is 2. The van der Waals surface area contributed by atoms with Crippen molar-refractivity contribution in [3.8, 4) is 6.07 Å². The third-order valence-electron chi connectivity index (χ3n) is 2.11. The summed E-state index contributed by atoms with van der Waals surface area (Å²) >= 11 is 0. The van der Waals surface area contributed by atoms with Crippen molar-refractivity contribution in [2.24, 2.45) is 0 Å². The van der Waals surface area contributed by atoms with Crippen LogP contribution in [0.15, 0.2) is 18.2 Å². The quantitative estimate of drug-likeness (QED) is 0.738. The first kappa shape index (κ1) is 11.2. The van der Waals surface area contributed by atoms with Gasteiger partial charge in [0.1, 0.15) is 11.9 Å². The molecule has 4 heteroatoms. The van der Waals surface area contributed by atoms with Crippen LogP contribution in [0.4, 0.5) is 4.39 Å². The van der Waals surface area contributed by atoms with Crippen molar-refractivity contribution < 1.29 is 9.18 Å². The minimum Gasteiger partial charge on any atom is -0.342 e. The molecule has 0 spiro atoms. The second kappa shape index (κ2) is 4.56. The molecular formula is C11H11FN2O. The predicted octanol–water partition coefficient (Wildman–Crippen LogP) is 1.68. The van der Waals surface area contributed by atoms with Gasteiger partial charge in [0.15, 0.2) is 0 Å². The Labute approximate surface area is 87.7 Å². The Hall–Kier alpha value is -1.89. The summed E-state index contributed by atoms with van der Waals surface area (Å²) in [5, 5.41) is 8.52. The number of carbonyl (C=O) groups is 1. The second-order valence-corrected chi connectivity index (χ2v) is 3.30. The van der Waals surface area contributed by atoms with Crippen molar-refractivity contribution in [1.82, 2.24) is 4.90 Å². The number of halogens is 1. The van der Waals surface area contributed by atoms with Crippen LogP contribution in [0.1, 0.15) is 18.1 Å². The van der Waals surface area contributed by atoms with Gasteiger partial charge in [-0.1, -0.05) is 6.07 Å². The molecule has 0 N–H and O–H groups in total. The SMILES string of the molecule is CC(=O)N(C)Cc1ccc(C#N)c(F)c1. The topological polar surface area (TPSA) is 44.1 Å². The summed E-state index contributed by atoms with van der Waals surface area (Å²) < 4.78 is 13.2. The van der Waals surface area contributed by atoms with Crippen LogP contribution in [0.3, 0.4) is 0 Å². The van der Waals surface area contributed by atoms with Crippen LogP contribution in [-0.2, 0) is 11.3 Å². The summed E-state index contributed by atoms with van der Waals surface area (Å²) in [6.45, 7) is 1.79. The Morgan fingerprint density at radius 2 is 2.27 bits per heavy atom. The second-order valence-electron chi connectivity index (χ2n) is 3.30. The molecule has 0 bridgehead atoms. The number of benzene rings is 1. The molecule has 0 unspecified atom stereocenters. The maximum absolute atomic E-state index is 13.2. The van der Waals surface area contributed by atoms with Gasteiger partial charge in [0.05, 0.1) is 5.56 Å². The summed E-state index contributed by atoms with van der Waals surface area (Å²) in [7, 11) is 1.64. The van der Waals surface area contributed by atoms with Gasteiger partial charge in [-0.05, 0) is 17.7 Å². The molecule has 78 valence electrons. The largest absolute Gasteiger partial charge is 0.342 e. The molecule has 3 nitrogen and oxygen atoms in total. The van der Waals surface area contributed by atoms with Gasteiger partial charge in [0, 0.05) is 20.5 Å². The van der Waals surface area contributed by atoms with E-state index in [0.717, 1.165) is 0 Å². The maximum Gasteiger partial charge on any atom is 0.219 e. The fourth-order valence-electron chi connectivity index (χ4n) is 1.13. The number of carbonyl (C=O) groups excluding carboxylic acids is 1. The van der Waals surface area contributed by atoms with E-state index >= 15 is 0 Å². The van der Waals surface area contributed by atoms with E-state index in [0.29, 0.717) is 12.1 Å². The highest BCUT2D eigenvalue weighted by Crippen LogP contribution is 2.10. The average molecular weight is 206 g/mol. The van der Waals surface area contributed by atoms with Crippen molar-refractivity contribution >= 4 is 5.91 Å². The Kier molecular flexibility index (Phi) is 3.40. The Bertz CT molecular complexity index is 423. The molecule has 0 heterocycles. The highest BCUT2D eigenvalue weighted by atomic mass is 19.1. The van der Waals surface area contributed by atoms with E-state index in [-0.39, 0.29) is 11.5 Å². The Balaban J connectivity index is 2.85. The lowest BCUT2D eigenvalue weighted by Gasteiger charge is -2.14. The zero-order chi connectivity index (χ0) is 11.4. The monoisotopic (exact) mass is 206 g/mol. The number of amides is 1. The summed E-state index contributed by atoms with van der Waals surface area (Å²) in [4.78, 5) is 12.4. The highest BCUT2D eigenvalue weighted by molar-refractivity contribution is 5.72. The molecule has 0 fully saturated rings. The minimum atomic E-state index is -0.549. The fraction of sp³-hybridized carbons (Fsp3) is 0.273. The molecule has 1 aromatic carbocycles. The van der Waals surface area contributed by atoms with Crippen molar-refractivity contribution in [3.63, 3.8) is 0 Å². The van der Waals surface area contributed by atoms with Gasteiger partial charge in [-0.2, -0.15) is 5.26 Å². The van der Waals surface area contributed by atoms with Gasteiger partial charge in [0.25, 0.3) is 0 Å². The van der Waals surface area contributed by atoms with E-state index in [9.17, 15) is 9.18 Å². The van der Waals surface area contributed by atoms with E-state index in [1.54, 1.807) is 19.2 Å². The smallest absolute Gasteiger partial charge is 0.219 e. The molecule has 1 aromatic rings. The van der Waals surface area contributed by atoms with Crippen molar-refractivity contribution in [3.05, 3.63) is 35.1 Å². The summed E-state index contributed by atoms with van der Waals surface area (Å²) in [5.74, 6) is -0.633. The van der Waals surface area contributed by atoms with Crippen LogP contribution in [0.2, 0.25) is 0 Å². The summed E-state index contributed by atoms with van der Waals surface area (Å²) in [6.07, 6.45) is 0. The predicted molar refractivity (Wildman–Crippen MR) is 53.3 cm³/mol. The highest BCUT2D eigenvalue weighted by Gasteiger charge is 2.06. The standard InChI is InChI=1S/C11H11FN2O/c1-8(15)14(2)7-9-3-4-10(6-13)11(12)5-9/h3-5H,7H2,1-2H3. The van der Waals surface area contributed by atoms with Crippen LogP contribution in [0.25, 0.3) is 0 Å². The number of hydrogen-bond donors (Lipinski definition) is 0. The number of nitriles is 1. The minimum absolute atomic E-state index is 0.0178. The third-order valence-corrected chi connectivity index (χ3v) is 2.11. The lowest BCUT2D eigenvalue weighted by molar-refractivity contribution is -0.128. The van der Waals surface area contributed by atoms with Gasteiger partial charge in [-0.15, -0.1) is 0 Å². The molecule has 0 aliphatic carbocycles. The molecule has 15 heavy (non-hydrogen) atoms. The molecule has 0 radical (unpaired) electrons. The van der Waals surface area contributed by atoms with E-state index in [2.05, 4.69) is 0 Å². The Morgan fingerprint density at radius 1 is 1.60 bits per heavy atom. The van der Waals surface area contributed by atoms with Crippen molar-refractivity contribution in [2.45, 2.75) is 13.5 Å². The molecule has 1 rings (SSSR count). The van der Waals surface area contributed by atoms with Crippen LogP contribution >= 0.6 is 0 Å². The zero-order valence-corrected chi connectivity index (χ0v) is 8.62. The normalized spacial score (nSPS) is 9.47. The van der Waals surface area contributed by atoms with Gasteiger partial charge in [-0.3, -0.25) is 4.79 Å². The van der Waals surface area contributed by atoms with E-state index in [4.69, 9.17) is 5.26 Å². The maximum atomic E-state index is 13.2. The summed E-state index contributed by atoms with van der Waals surface area (Å²) in [5.41, 5.74) is 0.688. The van der Waals surface area contributed by atoms with Crippen LogP contribution < -0.4 is 0 Å². The van der Waals surface area contributed by atoms with Gasteiger partial charge >= 0.3 is 0 Å². The molecule has 0 saturated carbocycles. The molecule has 0 aromatic heterocycles. The van der Waals surface area contributed by atoms with E-state index in [1.807, 2.05) is 0 Å². The van der Waals surface area contributed by atoms with Gasteiger partial charge < -0.3 is 4.90 Å². The molecule has 0 aliphatic heterocycles. The van der Waals surface area contributed by atoms with Gasteiger partial charge in [-0.25, -0.2) is 4.39 Å². The van der Waals surface area contributed by atoms with Crippen LogP contribution in [-0.4, -0.2) is 17.9 Å². The fourth-order valence-corrected chi connectivity index (χ4v) is 1.13. The molecular weight excluding hydrogens is 195 g/mol. The lowest BCUT2D eigenvalue weighted by Crippen LogP contribution is -2.23. The van der Waals surface area contributed by atoms with Crippen LogP contribution in [0, 0.1) is 17.1 Å². The third kappa shape index (κ3) is 2.78. The first-order valence-electron chi connectivity index (χ1n) is 4.45. The summed E-state index contributed by atoms with van der Waals surface area (Å²) in [6, 6.07) is 6.07. The van der Waals surface area contributed by atoms with E-state index in [1.165, 1.54) is 24.0 Å². The van der Waals surface area contributed by atoms with Crippen LogP contribution in [0.5, 0.6) is 0 Å². The average Bonchev–Trinajstić information content (AvgIpc) is 2.18. The molecule has 0 aliphatic rings. The number of nitrogens with zero attached hydrogens (tertiary/aromatic N) is 2. The van der Waals surface area contributed by atoms with Crippen molar-refractivity contribution in [2.75, 3.05) is 7.05 Å². The van der Waals surface area contributed by atoms with Crippen molar-refractivity contribution in [1.29, 1.82) is 5.26 Å². The molecule has 1 amide bonds. The molecule has 0 saturated heterocycles. The lowest BCUT2D eigenvalue weighted by atomic mass is 10.1.